The van der Waals surface area contributed by atoms with Gasteiger partial charge in [0.2, 0.25) is 15.9 Å². The van der Waals surface area contributed by atoms with E-state index in [-0.39, 0.29) is 51.6 Å². The first kappa shape index (κ1) is 39.9. The molecule has 0 radical (unpaired) electrons. The van der Waals surface area contributed by atoms with E-state index in [1.165, 1.54) is 23.9 Å². The number of nitrogens with one attached hydrogen (secondary N) is 3. The fourth-order valence-electron chi connectivity index (χ4n) is 7.78. The smallest absolute Gasteiger partial charge is 0.293 e. The van der Waals surface area contributed by atoms with E-state index < -0.39 is 69.8 Å². The first-order chi connectivity index (χ1) is 25.9. The summed E-state index contributed by atoms with van der Waals surface area (Å²) in [7, 11) is -0.543. The van der Waals surface area contributed by atoms with Crippen molar-refractivity contribution in [1.29, 1.82) is 0 Å². The normalized spacial score (nSPS) is 17.6. The zero-order valence-electron chi connectivity index (χ0n) is 30.8. The van der Waals surface area contributed by atoms with Crippen LogP contribution in [-0.4, -0.2) is 52.2 Å². The van der Waals surface area contributed by atoms with E-state index in [1.54, 1.807) is 40.1 Å². The number of anilines is 2. The predicted octanol–water partition coefficient (Wildman–Crippen LogP) is 7.93. The Balaban J connectivity index is 1.49. The van der Waals surface area contributed by atoms with E-state index in [4.69, 9.17) is 11.6 Å². The Kier molecular flexibility index (Phi) is 10.9. The van der Waals surface area contributed by atoms with Crippen LogP contribution in [0.1, 0.15) is 80.0 Å². The fourth-order valence-corrected chi connectivity index (χ4v) is 8.52. The minimum Gasteiger partial charge on any atom is -0.387 e. The highest BCUT2D eigenvalue weighted by molar-refractivity contribution is 7.92. The standard InChI is InChI=1S/C37H40ClF5N8O3S/c1-7-23-26(8-2)37(42,43)35-30(23)32(18(3)39)47-51(35)17-29(52)46-28(13-19-11-20(40)14-21(41)12-19)33-25(15-22(44-4)16-45-33)24-9-10-27(38)31-34(24)50(5)48-36(31)49-55(6,53)54/h9-12,14-16,18,23,26,28,44H,7-8,13,17H2,1-6H3,(H,46,52)(H,48,49). The van der Waals surface area contributed by atoms with Crippen LogP contribution in [0.15, 0.2) is 42.6 Å². The van der Waals surface area contributed by atoms with Gasteiger partial charge in [0.15, 0.2) is 5.82 Å². The lowest BCUT2D eigenvalue weighted by atomic mass is 9.86. The maximum Gasteiger partial charge on any atom is 0.293 e. The molecule has 55 heavy (non-hydrogen) atoms. The summed E-state index contributed by atoms with van der Waals surface area (Å²) in [6.45, 7) is 3.89. The second-order valence-corrected chi connectivity index (χ2v) is 15.9. The van der Waals surface area contributed by atoms with Crippen LogP contribution < -0.4 is 15.4 Å². The van der Waals surface area contributed by atoms with Crippen molar-refractivity contribution in [1.82, 2.24) is 29.9 Å². The van der Waals surface area contributed by atoms with E-state index in [9.17, 15) is 26.4 Å². The van der Waals surface area contributed by atoms with Crippen molar-refractivity contribution < 1.29 is 35.2 Å². The van der Waals surface area contributed by atoms with Gasteiger partial charge in [0.25, 0.3) is 5.92 Å². The van der Waals surface area contributed by atoms with Gasteiger partial charge in [0, 0.05) is 42.8 Å². The second kappa shape index (κ2) is 15.0. The van der Waals surface area contributed by atoms with Crippen LogP contribution in [-0.2, 0) is 40.8 Å². The van der Waals surface area contributed by atoms with E-state index in [0.717, 1.165) is 23.1 Å². The van der Waals surface area contributed by atoms with Gasteiger partial charge in [-0.3, -0.25) is 23.9 Å². The van der Waals surface area contributed by atoms with Gasteiger partial charge in [-0.15, -0.1) is 0 Å². The molecule has 0 fully saturated rings. The number of aryl methyl sites for hydroxylation is 1. The number of nitrogens with zero attached hydrogens (tertiary/aromatic N) is 5. The lowest BCUT2D eigenvalue weighted by Crippen LogP contribution is -2.35. The van der Waals surface area contributed by atoms with Gasteiger partial charge >= 0.3 is 0 Å². The summed E-state index contributed by atoms with van der Waals surface area (Å²) in [5.41, 5.74) is 1.57. The number of hydrogen-bond acceptors (Lipinski definition) is 7. The molecule has 3 heterocycles. The Morgan fingerprint density at radius 1 is 1.04 bits per heavy atom. The molecule has 0 aliphatic heterocycles. The van der Waals surface area contributed by atoms with Crippen LogP contribution in [0, 0.1) is 17.6 Å². The maximum absolute atomic E-state index is 16.1. The van der Waals surface area contributed by atoms with Crippen molar-refractivity contribution in [2.45, 2.75) is 70.6 Å². The average Bonchev–Trinajstić information content (AvgIpc) is 3.70. The lowest BCUT2D eigenvalue weighted by molar-refractivity contribution is -0.123. The zero-order valence-corrected chi connectivity index (χ0v) is 32.4. The molecule has 3 aromatic heterocycles. The van der Waals surface area contributed by atoms with Crippen LogP contribution in [0.3, 0.4) is 0 Å². The number of alkyl halides is 3. The lowest BCUT2D eigenvalue weighted by Gasteiger charge is -2.25. The molecule has 0 saturated heterocycles. The number of halogens is 6. The van der Waals surface area contributed by atoms with E-state index in [1.807, 2.05) is 0 Å². The van der Waals surface area contributed by atoms with Gasteiger partial charge in [-0.25, -0.2) is 21.6 Å². The minimum absolute atomic E-state index is 0.0348. The molecule has 4 atom stereocenters. The Bertz CT molecular complexity index is 2380. The molecule has 3 N–H and O–H groups in total. The number of hydrogen-bond donors (Lipinski definition) is 3. The van der Waals surface area contributed by atoms with E-state index in [2.05, 4.69) is 30.5 Å². The summed E-state index contributed by atoms with van der Waals surface area (Å²) in [6, 6.07) is 6.65. The number of sulfonamides is 1. The summed E-state index contributed by atoms with van der Waals surface area (Å²) in [6.07, 6.45) is 0.997. The number of benzene rings is 2. The Hall–Kier alpha value is -4.77. The second-order valence-electron chi connectivity index (χ2n) is 13.7. The molecule has 11 nitrogen and oxygen atoms in total. The first-order valence-electron chi connectivity index (χ1n) is 17.6. The summed E-state index contributed by atoms with van der Waals surface area (Å²) < 4.78 is 105. The molecule has 2 aromatic carbocycles. The van der Waals surface area contributed by atoms with Crippen LogP contribution in [0.25, 0.3) is 22.0 Å². The highest BCUT2D eigenvalue weighted by atomic mass is 35.5. The number of carbonyl (C=O) groups is 1. The van der Waals surface area contributed by atoms with Crippen molar-refractivity contribution in [2.24, 2.45) is 13.0 Å². The van der Waals surface area contributed by atoms with Gasteiger partial charge in [0.1, 0.15) is 35.7 Å². The van der Waals surface area contributed by atoms with Crippen LogP contribution in [0.5, 0.6) is 0 Å². The fraction of sp³-hybridized carbons (Fsp3) is 0.405. The van der Waals surface area contributed by atoms with Gasteiger partial charge in [-0.1, -0.05) is 31.5 Å². The molecule has 294 valence electrons. The topological polar surface area (TPSA) is 136 Å². The average molecular weight is 807 g/mol. The molecule has 4 unspecified atom stereocenters. The molecule has 0 spiro atoms. The predicted molar refractivity (Wildman–Crippen MR) is 200 cm³/mol. The van der Waals surface area contributed by atoms with Crippen molar-refractivity contribution in [3.8, 4) is 11.1 Å². The molecule has 1 amide bonds. The monoisotopic (exact) mass is 806 g/mol. The van der Waals surface area contributed by atoms with Crippen molar-refractivity contribution in [3.63, 3.8) is 0 Å². The van der Waals surface area contributed by atoms with E-state index >= 15 is 8.78 Å². The van der Waals surface area contributed by atoms with Crippen molar-refractivity contribution in [3.05, 3.63) is 87.5 Å². The third kappa shape index (κ3) is 7.60. The van der Waals surface area contributed by atoms with Crippen LogP contribution in [0.4, 0.5) is 33.5 Å². The number of amides is 1. The number of carbonyl (C=O) groups excluding carboxylic acids is 1. The third-order valence-electron chi connectivity index (χ3n) is 9.95. The van der Waals surface area contributed by atoms with Crippen LogP contribution >= 0.6 is 11.6 Å². The molecule has 6 rings (SSSR count). The Morgan fingerprint density at radius 2 is 1.73 bits per heavy atom. The summed E-state index contributed by atoms with van der Waals surface area (Å²) in [4.78, 5) is 18.7. The molecule has 0 saturated carbocycles. The first-order valence-corrected chi connectivity index (χ1v) is 19.8. The molecular weight excluding hydrogens is 767 g/mol. The molecule has 1 aliphatic carbocycles. The molecule has 1 aliphatic rings. The van der Waals surface area contributed by atoms with Crippen LogP contribution in [0.2, 0.25) is 5.02 Å². The summed E-state index contributed by atoms with van der Waals surface area (Å²) >= 11 is 6.60. The Labute approximate surface area is 319 Å². The van der Waals surface area contributed by atoms with Gasteiger partial charge in [0.05, 0.1) is 45.8 Å². The highest BCUT2D eigenvalue weighted by Crippen LogP contribution is 2.57. The highest BCUT2D eigenvalue weighted by Gasteiger charge is 2.57. The third-order valence-corrected chi connectivity index (χ3v) is 10.8. The summed E-state index contributed by atoms with van der Waals surface area (Å²) in [5.74, 6) is -7.73. The quantitative estimate of drug-likeness (QED) is 0.103. The zero-order chi connectivity index (χ0) is 40.1. The van der Waals surface area contributed by atoms with Gasteiger partial charge in [-0.2, -0.15) is 19.0 Å². The summed E-state index contributed by atoms with van der Waals surface area (Å²) in [5, 5.41) is 14.8. The number of aromatic nitrogens is 5. The van der Waals surface area contributed by atoms with Gasteiger partial charge in [-0.05, 0) is 61.9 Å². The number of pyridine rings is 1. The molecular formula is C37H40ClF5N8O3S. The minimum atomic E-state index is -3.78. The van der Waals surface area contributed by atoms with E-state index in [0.29, 0.717) is 34.8 Å². The molecule has 0 bridgehead atoms. The van der Waals surface area contributed by atoms with Gasteiger partial charge < -0.3 is 10.6 Å². The van der Waals surface area contributed by atoms with Crippen molar-refractivity contribution >= 4 is 49.9 Å². The molecule has 5 aromatic rings. The maximum atomic E-state index is 16.1. The van der Waals surface area contributed by atoms with Crippen molar-refractivity contribution in [2.75, 3.05) is 23.3 Å². The number of rotatable bonds is 13. The SMILES string of the molecule is CCC1c2c(C(C)F)nn(CC(=O)NC(Cc3cc(F)cc(F)c3)c3ncc(NC)cc3-c3ccc(Cl)c4c(NS(C)(=O)=O)nn(C)c34)c2C(F)(F)C1CC. The molecule has 18 heteroatoms. The number of fused-ring (bicyclic) bond motifs is 2. The Morgan fingerprint density at radius 3 is 2.33 bits per heavy atom. The largest absolute Gasteiger partial charge is 0.387 e.